The van der Waals surface area contributed by atoms with Gasteiger partial charge in [0.2, 0.25) is 5.43 Å². The third kappa shape index (κ3) is 3.24. The van der Waals surface area contributed by atoms with Gasteiger partial charge in [-0.2, -0.15) is 0 Å². The molecule has 0 radical (unpaired) electrons. The van der Waals surface area contributed by atoms with Crippen molar-refractivity contribution in [2.24, 2.45) is 0 Å². The van der Waals surface area contributed by atoms with Crippen molar-refractivity contribution in [1.82, 2.24) is 14.8 Å². The number of aromatic nitrogens is 1. The first-order valence-electron chi connectivity index (χ1n) is 9.80. The Hall–Kier alpha value is -3.23. The van der Waals surface area contributed by atoms with Gasteiger partial charge in [0.25, 0.3) is 11.8 Å². The maximum atomic E-state index is 13.8. The zero-order valence-corrected chi connectivity index (χ0v) is 16.3. The van der Waals surface area contributed by atoms with Crippen molar-refractivity contribution in [2.45, 2.75) is 44.8 Å². The number of carbonyl (C=O) groups excluding carboxylic acids is 2. The molecule has 2 atom stereocenters. The predicted octanol–water partition coefficient (Wildman–Crippen LogP) is 2.33. The molecule has 2 aliphatic heterocycles. The molecular weight excluding hydrogens is 396 g/mol. The van der Waals surface area contributed by atoms with E-state index in [4.69, 9.17) is 0 Å². The van der Waals surface area contributed by atoms with E-state index in [-0.39, 0.29) is 35.4 Å². The smallest absolute Gasteiger partial charge is 0.274 e. The summed E-state index contributed by atoms with van der Waals surface area (Å²) in [5, 5.41) is 12.9. The second-order valence-electron chi connectivity index (χ2n) is 7.70. The third-order valence-electron chi connectivity index (χ3n) is 5.93. The predicted molar refractivity (Wildman–Crippen MR) is 103 cm³/mol. The fourth-order valence-electron chi connectivity index (χ4n) is 4.27. The fourth-order valence-corrected chi connectivity index (χ4v) is 4.27. The van der Waals surface area contributed by atoms with E-state index in [0.29, 0.717) is 12.6 Å². The molecule has 30 heavy (non-hydrogen) atoms. The number of halogens is 2. The van der Waals surface area contributed by atoms with Crippen molar-refractivity contribution in [2.75, 3.05) is 6.54 Å². The van der Waals surface area contributed by atoms with Crippen molar-refractivity contribution in [1.29, 1.82) is 0 Å². The van der Waals surface area contributed by atoms with E-state index in [1.807, 2.05) is 6.92 Å². The number of hydrogen-bond donors (Lipinski definition) is 2. The van der Waals surface area contributed by atoms with Gasteiger partial charge in [-0.3, -0.25) is 14.4 Å². The van der Waals surface area contributed by atoms with Gasteiger partial charge in [0, 0.05) is 37.0 Å². The number of aromatic hydroxyl groups is 1. The number of carbonyl (C=O) groups is 2. The molecule has 9 heteroatoms. The highest BCUT2D eigenvalue weighted by molar-refractivity contribution is 5.99. The highest BCUT2D eigenvalue weighted by Gasteiger charge is 2.40. The average Bonchev–Trinajstić information content (AvgIpc) is 2.85. The average molecular weight is 417 g/mol. The largest absolute Gasteiger partial charge is 0.503 e. The van der Waals surface area contributed by atoms with Gasteiger partial charge in [-0.15, -0.1) is 0 Å². The first kappa shape index (κ1) is 20.1. The number of nitrogens with zero attached hydrogens (tertiary/aromatic N) is 2. The SMILES string of the molecule is C[C@H]1C2CCCCN1C(=O)c1c(O)c(=O)c(C(=O)NCc3ccc(F)cc3F)cn12. The van der Waals surface area contributed by atoms with Crippen molar-refractivity contribution < 1.29 is 23.5 Å². The zero-order valence-electron chi connectivity index (χ0n) is 16.3. The molecule has 2 bridgehead atoms. The summed E-state index contributed by atoms with van der Waals surface area (Å²) in [7, 11) is 0. The van der Waals surface area contributed by atoms with Crippen LogP contribution in [0.5, 0.6) is 5.75 Å². The maximum absolute atomic E-state index is 13.8. The fraction of sp³-hybridized carbons (Fsp3) is 0.381. The van der Waals surface area contributed by atoms with Crippen LogP contribution in [0.1, 0.15) is 58.6 Å². The van der Waals surface area contributed by atoms with Crippen molar-refractivity contribution in [3.05, 3.63) is 63.1 Å². The summed E-state index contributed by atoms with van der Waals surface area (Å²) in [5.74, 6) is -3.57. The van der Waals surface area contributed by atoms with Crippen LogP contribution in [0.3, 0.4) is 0 Å². The van der Waals surface area contributed by atoms with Gasteiger partial charge in [0.05, 0.1) is 6.04 Å². The summed E-state index contributed by atoms with van der Waals surface area (Å²) in [4.78, 5) is 39.8. The molecule has 1 unspecified atom stereocenters. The number of amides is 2. The van der Waals surface area contributed by atoms with Gasteiger partial charge < -0.3 is 19.9 Å². The lowest BCUT2D eigenvalue weighted by Gasteiger charge is -2.40. The highest BCUT2D eigenvalue weighted by Crippen LogP contribution is 2.36. The van der Waals surface area contributed by atoms with E-state index in [1.165, 1.54) is 16.8 Å². The molecule has 4 rings (SSSR count). The van der Waals surface area contributed by atoms with Crippen LogP contribution < -0.4 is 10.7 Å². The van der Waals surface area contributed by atoms with Gasteiger partial charge >= 0.3 is 0 Å². The molecule has 7 nitrogen and oxygen atoms in total. The Kier molecular flexibility index (Phi) is 5.05. The van der Waals surface area contributed by atoms with Gasteiger partial charge in [0.1, 0.15) is 17.2 Å². The summed E-state index contributed by atoms with van der Waals surface area (Å²) in [6.45, 7) is 2.19. The number of fused-ring (bicyclic) bond motifs is 4. The Balaban J connectivity index is 1.68. The standard InChI is InChI=1S/C21H21F2N3O4/c1-11-16-4-2-3-7-25(11)21(30)17-19(28)18(27)14(10-26(16)17)20(29)24-9-12-5-6-13(22)8-15(12)23/h5-6,8,10-11,16,28H,2-4,7,9H2,1H3,(H,24,29)/t11-,16?/m0/s1. The van der Waals surface area contributed by atoms with Gasteiger partial charge in [-0.1, -0.05) is 6.07 Å². The van der Waals surface area contributed by atoms with Crippen LogP contribution in [0.15, 0.2) is 29.2 Å². The Bertz CT molecular complexity index is 1100. The third-order valence-corrected chi connectivity index (χ3v) is 5.93. The summed E-state index contributed by atoms with van der Waals surface area (Å²) in [6.07, 6.45) is 3.73. The topological polar surface area (TPSA) is 91.6 Å². The lowest BCUT2D eigenvalue weighted by Crippen LogP contribution is -2.49. The van der Waals surface area contributed by atoms with Crippen molar-refractivity contribution in [3.63, 3.8) is 0 Å². The summed E-state index contributed by atoms with van der Waals surface area (Å²) < 4.78 is 28.4. The van der Waals surface area contributed by atoms with E-state index >= 15 is 0 Å². The summed E-state index contributed by atoms with van der Waals surface area (Å²) in [6, 6.07) is 2.65. The Morgan fingerprint density at radius 2 is 2.03 bits per heavy atom. The number of nitrogens with one attached hydrogen (secondary N) is 1. The number of rotatable bonds is 3. The van der Waals surface area contributed by atoms with Crippen LogP contribution in [0.2, 0.25) is 0 Å². The molecule has 158 valence electrons. The van der Waals surface area contributed by atoms with E-state index in [1.54, 1.807) is 4.90 Å². The minimum atomic E-state index is -0.959. The van der Waals surface area contributed by atoms with E-state index in [0.717, 1.165) is 25.3 Å². The maximum Gasteiger partial charge on any atom is 0.274 e. The Labute approximate surface area is 170 Å². The Morgan fingerprint density at radius 1 is 1.27 bits per heavy atom. The van der Waals surface area contributed by atoms with E-state index in [9.17, 15) is 28.3 Å². The second-order valence-corrected chi connectivity index (χ2v) is 7.70. The normalized spacial score (nSPS) is 20.5. The van der Waals surface area contributed by atoms with Crippen LogP contribution in [-0.4, -0.2) is 39.0 Å². The van der Waals surface area contributed by atoms with Crippen LogP contribution in [-0.2, 0) is 6.54 Å². The van der Waals surface area contributed by atoms with Gasteiger partial charge in [-0.05, 0) is 32.3 Å². The van der Waals surface area contributed by atoms with Crippen LogP contribution >= 0.6 is 0 Å². The minimum Gasteiger partial charge on any atom is -0.503 e. The highest BCUT2D eigenvalue weighted by atomic mass is 19.1. The molecule has 0 spiro atoms. The zero-order chi connectivity index (χ0) is 21.6. The van der Waals surface area contributed by atoms with Gasteiger partial charge in [-0.25, -0.2) is 8.78 Å². The molecular formula is C21H21F2N3O4. The van der Waals surface area contributed by atoms with Crippen molar-refractivity contribution in [3.8, 4) is 5.75 Å². The molecule has 1 aromatic heterocycles. The number of hydrogen-bond acceptors (Lipinski definition) is 4. The first-order valence-corrected chi connectivity index (χ1v) is 9.80. The molecule has 2 N–H and O–H groups in total. The summed E-state index contributed by atoms with van der Waals surface area (Å²) >= 11 is 0. The minimum absolute atomic E-state index is 0.0512. The molecule has 1 saturated heterocycles. The monoisotopic (exact) mass is 417 g/mol. The Morgan fingerprint density at radius 3 is 2.77 bits per heavy atom. The molecule has 1 fully saturated rings. The van der Waals surface area contributed by atoms with Gasteiger partial charge in [0.15, 0.2) is 11.4 Å². The van der Waals surface area contributed by atoms with Crippen LogP contribution in [0.25, 0.3) is 0 Å². The molecule has 2 aromatic rings. The van der Waals surface area contributed by atoms with E-state index < -0.39 is 34.6 Å². The summed E-state index contributed by atoms with van der Waals surface area (Å²) in [5.41, 5.74) is -1.35. The van der Waals surface area contributed by atoms with Crippen LogP contribution in [0.4, 0.5) is 8.78 Å². The van der Waals surface area contributed by atoms with Crippen molar-refractivity contribution >= 4 is 11.8 Å². The first-order chi connectivity index (χ1) is 14.3. The van der Waals surface area contributed by atoms with E-state index in [2.05, 4.69) is 5.32 Å². The molecule has 2 amide bonds. The molecule has 1 aromatic carbocycles. The number of pyridine rings is 1. The lowest BCUT2D eigenvalue weighted by molar-refractivity contribution is 0.0565. The number of benzene rings is 1. The molecule has 3 heterocycles. The molecule has 2 aliphatic rings. The molecule has 0 saturated carbocycles. The second kappa shape index (κ2) is 7.55. The lowest BCUT2D eigenvalue weighted by atomic mass is 9.99. The molecule has 0 aliphatic carbocycles. The quantitative estimate of drug-likeness (QED) is 0.802. The van der Waals surface area contributed by atoms with Crippen LogP contribution in [0, 0.1) is 11.6 Å².